The molecule has 1 aliphatic rings. The zero-order valence-corrected chi connectivity index (χ0v) is 19.8. The van der Waals surface area contributed by atoms with Crippen LogP contribution < -0.4 is 11.3 Å². The van der Waals surface area contributed by atoms with Crippen LogP contribution in [0, 0.1) is 5.92 Å². The van der Waals surface area contributed by atoms with Crippen molar-refractivity contribution in [1.82, 2.24) is 23.7 Å². The van der Waals surface area contributed by atoms with Gasteiger partial charge in [0, 0.05) is 39.3 Å². The smallest absolute Gasteiger partial charge is 0.268 e. The number of nitrogens with one attached hydrogen (secondary N) is 1. The number of aromatic amines is 1. The van der Waals surface area contributed by atoms with Crippen molar-refractivity contribution in [3.8, 4) is 0 Å². The van der Waals surface area contributed by atoms with Crippen molar-refractivity contribution in [2.24, 2.45) is 18.7 Å². The molecule has 0 unspecified atom stereocenters. The van der Waals surface area contributed by atoms with Gasteiger partial charge < -0.3 is 20.2 Å². The van der Waals surface area contributed by atoms with Crippen molar-refractivity contribution in [3.05, 3.63) is 45.6 Å². The second-order valence-electron chi connectivity index (χ2n) is 8.06. The highest BCUT2D eigenvalue weighted by Gasteiger charge is 2.34. The molecule has 4 heterocycles. The molecule has 0 saturated carbocycles. The highest BCUT2D eigenvalue weighted by Crippen LogP contribution is 2.26. The lowest BCUT2D eigenvalue weighted by molar-refractivity contribution is -0.136. The molecule has 0 atom stereocenters. The van der Waals surface area contributed by atoms with Crippen molar-refractivity contribution < 1.29 is 18.0 Å². The van der Waals surface area contributed by atoms with Crippen LogP contribution in [0.5, 0.6) is 0 Å². The Balaban J connectivity index is 1.40. The van der Waals surface area contributed by atoms with Gasteiger partial charge in [-0.2, -0.15) is 4.31 Å². The average molecular weight is 493 g/mol. The molecule has 13 heteroatoms. The number of piperidine rings is 1. The minimum absolute atomic E-state index is 0.000421. The Bertz CT molecular complexity index is 1380. The van der Waals surface area contributed by atoms with Gasteiger partial charge in [-0.25, -0.2) is 13.4 Å². The van der Waals surface area contributed by atoms with Crippen LogP contribution in [0.4, 0.5) is 0 Å². The first-order valence-corrected chi connectivity index (χ1v) is 12.6. The quantitative estimate of drug-likeness (QED) is 0.511. The van der Waals surface area contributed by atoms with Crippen molar-refractivity contribution in [3.63, 3.8) is 0 Å². The van der Waals surface area contributed by atoms with Crippen LogP contribution in [0.15, 0.2) is 33.4 Å². The lowest BCUT2D eigenvalue weighted by Crippen LogP contribution is -2.43. The molecule has 3 aromatic heterocycles. The van der Waals surface area contributed by atoms with E-state index in [1.54, 1.807) is 25.5 Å². The molecule has 0 bridgehead atoms. The number of carbonyl (C=O) groups is 2. The third-order valence-electron chi connectivity index (χ3n) is 5.80. The monoisotopic (exact) mass is 492 g/mol. The van der Waals surface area contributed by atoms with Crippen molar-refractivity contribution >= 4 is 43.4 Å². The molecule has 0 radical (unpaired) electrons. The Morgan fingerprint density at radius 2 is 2.03 bits per heavy atom. The number of primary amides is 1. The molecule has 0 aromatic carbocycles. The summed E-state index contributed by atoms with van der Waals surface area (Å²) in [4.78, 5) is 45.1. The van der Waals surface area contributed by atoms with E-state index in [9.17, 15) is 22.8 Å². The van der Waals surface area contributed by atoms with E-state index in [2.05, 4.69) is 9.97 Å². The largest absolute Gasteiger partial charge is 0.364 e. The predicted octanol–water partition coefficient (Wildman–Crippen LogP) is 0.481. The number of hydrogen-bond acceptors (Lipinski definition) is 7. The van der Waals surface area contributed by atoms with Gasteiger partial charge in [-0.1, -0.05) is 0 Å². The fraction of sp³-hybridized carbons (Fsp3) is 0.400. The van der Waals surface area contributed by atoms with Crippen molar-refractivity contribution in [1.29, 1.82) is 0 Å². The highest BCUT2D eigenvalue weighted by atomic mass is 32.2. The zero-order chi connectivity index (χ0) is 23.9. The number of aromatic nitrogens is 3. The van der Waals surface area contributed by atoms with E-state index in [0.29, 0.717) is 28.9 Å². The maximum absolute atomic E-state index is 13.0. The van der Waals surface area contributed by atoms with Gasteiger partial charge >= 0.3 is 0 Å². The Morgan fingerprint density at radius 3 is 2.67 bits per heavy atom. The fourth-order valence-electron chi connectivity index (χ4n) is 4.02. The number of sulfonamides is 1. The normalized spacial score (nSPS) is 15.7. The van der Waals surface area contributed by atoms with Gasteiger partial charge in [0.25, 0.3) is 11.5 Å². The number of H-pyrrole nitrogens is 1. The predicted molar refractivity (Wildman–Crippen MR) is 122 cm³/mol. The van der Waals surface area contributed by atoms with Crippen LogP contribution >= 0.6 is 11.3 Å². The summed E-state index contributed by atoms with van der Waals surface area (Å²) < 4.78 is 29.2. The second-order valence-corrected chi connectivity index (χ2v) is 10.9. The average Bonchev–Trinajstić information content (AvgIpc) is 3.40. The zero-order valence-electron chi connectivity index (χ0n) is 18.1. The lowest BCUT2D eigenvalue weighted by Gasteiger charge is -2.32. The molecule has 33 heavy (non-hydrogen) atoms. The molecule has 4 rings (SSSR count). The molecular formula is C20H24N6O5S2. The van der Waals surface area contributed by atoms with E-state index in [0.717, 1.165) is 0 Å². The van der Waals surface area contributed by atoms with Crippen LogP contribution in [0.2, 0.25) is 0 Å². The molecule has 0 spiro atoms. The summed E-state index contributed by atoms with van der Waals surface area (Å²) in [5.74, 6) is -0.776. The molecule has 176 valence electrons. The van der Waals surface area contributed by atoms with Gasteiger partial charge in [0.2, 0.25) is 15.9 Å². The minimum Gasteiger partial charge on any atom is -0.364 e. The highest BCUT2D eigenvalue weighted by molar-refractivity contribution is 7.89. The van der Waals surface area contributed by atoms with Crippen molar-refractivity contribution in [2.45, 2.75) is 24.3 Å². The van der Waals surface area contributed by atoms with E-state index in [-0.39, 0.29) is 47.6 Å². The first-order chi connectivity index (χ1) is 15.6. The Labute approximate surface area is 193 Å². The van der Waals surface area contributed by atoms with Crippen LogP contribution in [-0.4, -0.2) is 64.1 Å². The van der Waals surface area contributed by atoms with Crippen LogP contribution in [0.1, 0.15) is 29.2 Å². The van der Waals surface area contributed by atoms with Crippen molar-refractivity contribution in [2.75, 3.05) is 20.1 Å². The molecule has 0 aliphatic carbocycles. The van der Waals surface area contributed by atoms with Crippen LogP contribution in [0.25, 0.3) is 10.2 Å². The number of nitrogens with two attached hydrogens (primary N) is 1. The number of hydrogen-bond donors (Lipinski definition) is 2. The standard InChI is InChI=1S/C20H24N6O5S2/c1-24-10-13(9-15(24)18(21)27)33(30,31)26-6-3-12(4-7-26)20(29)25(2)11-16-22-14-5-8-32-17(14)19(28)23-16/h5,8-10,12H,3-4,6-7,11H2,1-2H3,(H2,21,27)(H,22,23,28). The van der Waals surface area contributed by atoms with E-state index in [1.807, 2.05) is 0 Å². The number of aryl methyl sites for hydroxylation is 1. The molecule has 1 fully saturated rings. The Kier molecular flexibility index (Phi) is 6.12. The first kappa shape index (κ1) is 23.1. The number of fused-ring (bicyclic) bond motifs is 1. The molecule has 3 aromatic rings. The molecule has 1 saturated heterocycles. The topological polar surface area (TPSA) is 151 Å². The summed E-state index contributed by atoms with van der Waals surface area (Å²) >= 11 is 1.31. The van der Waals surface area contributed by atoms with Gasteiger partial charge in [-0.3, -0.25) is 14.4 Å². The number of thiophene rings is 1. The summed E-state index contributed by atoms with van der Waals surface area (Å²) in [6.45, 7) is 0.519. The SMILES string of the molecule is CN(Cc1nc2ccsc2c(=O)[nH]1)C(=O)C1CCN(S(=O)(=O)c2cc(C(N)=O)n(C)c2)CC1. The Hall–Kier alpha value is -3.03. The number of nitrogens with zero attached hydrogens (tertiary/aromatic N) is 4. The summed E-state index contributed by atoms with van der Waals surface area (Å²) in [6, 6.07) is 3.02. The van der Waals surface area contributed by atoms with E-state index in [1.165, 1.54) is 37.4 Å². The summed E-state index contributed by atoms with van der Waals surface area (Å²) in [6.07, 6.45) is 2.09. The molecular weight excluding hydrogens is 468 g/mol. The number of carbonyl (C=O) groups excluding carboxylic acids is 2. The third-order valence-corrected chi connectivity index (χ3v) is 8.57. The minimum atomic E-state index is -3.80. The van der Waals surface area contributed by atoms with Gasteiger partial charge in [0.1, 0.15) is 21.1 Å². The molecule has 2 amide bonds. The molecule has 1 aliphatic heterocycles. The second kappa shape index (κ2) is 8.72. The summed E-state index contributed by atoms with van der Waals surface area (Å²) in [7, 11) is -0.613. The summed E-state index contributed by atoms with van der Waals surface area (Å²) in [5, 5.41) is 1.79. The maximum Gasteiger partial charge on any atom is 0.268 e. The lowest BCUT2D eigenvalue weighted by atomic mass is 9.96. The number of rotatable bonds is 6. The van der Waals surface area contributed by atoms with E-state index < -0.39 is 15.9 Å². The maximum atomic E-state index is 13.0. The Morgan fingerprint density at radius 1 is 1.33 bits per heavy atom. The van der Waals surface area contributed by atoms with E-state index >= 15 is 0 Å². The molecule has 3 N–H and O–H groups in total. The fourth-order valence-corrected chi connectivity index (χ4v) is 6.29. The first-order valence-electron chi connectivity index (χ1n) is 10.3. The van der Waals surface area contributed by atoms with Gasteiger partial charge in [-0.15, -0.1) is 11.3 Å². The van der Waals surface area contributed by atoms with Gasteiger partial charge in [-0.05, 0) is 30.4 Å². The molecule has 11 nitrogen and oxygen atoms in total. The van der Waals surface area contributed by atoms with Crippen LogP contribution in [0.3, 0.4) is 0 Å². The van der Waals surface area contributed by atoms with Gasteiger partial charge in [0.15, 0.2) is 0 Å². The third kappa shape index (κ3) is 4.43. The summed E-state index contributed by atoms with van der Waals surface area (Å²) in [5.41, 5.74) is 5.75. The van der Waals surface area contributed by atoms with E-state index in [4.69, 9.17) is 5.73 Å². The van der Waals surface area contributed by atoms with Crippen LogP contribution in [-0.2, 0) is 28.4 Å². The number of amides is 2. The van der Waals surface area contributed by atoms with Gasteiger partial charge in [0.05, 0.1) is 12.1 Å².